The Balaban J connectivity index is 1.28. The van der Waals surface area contributed by atoms with Crippen LogP contribution in [0.15, 0.2) is 42.5 Å². The van der Waals surface area contributed by atoms with Gasteiger partial charge in [0.2, 0.25) is 12.7 Å². The van der Waals surface area contributed by atoms with Gasteiger partial charge in [0.1, 0.15) is 0 Å². The van der Waals surface area contributed by atoms with Crippen molar-refractivity contribution < 1.29 is 14.3 Å². The predicted octanol–water partition coefficient (Wildman–Crippen LogP) is 4.34. The van der Waals surface area contributed by atoms with Gasteiger partial charge in [-0.1, -0.05) is 48.9 Å². The lowest BCUT2D eigenvalue weighted by Gasteiger charge is -2.28. The fourth-order valence-corrected chi connectivity index (χ4v) is 4.33. The number of nitrogens with one attached hydrogen (secondary N) is 1. The quantitative estimate of drug-likeness (QED) is 0.653. The molecule has 1 fully saturated rings. The highest BCUT2D eigenvalue weighted by atomic mass is 35.5. The maximum atomic E-state index is 12.4. The number of halogens is 1. The average Bonchev–Trinajstić information content (AvgIpc) is 3.32. The molecule has 0 spiro atoms. The van der Waals surface area contributed by atoms with E-state index >= 15 is 0 Å². The predicted molar refractivity (Wildman–Crippen MR) is 113 cm³/mol. The van der Waals surface area contributed by atoms with E-state index in [4.69, 9.17) is 21.1 Å². The summed E-state index contributed by atoms with van der Waals surface area (Å²) in [5, 5.41) is 4.14. The summed E-state index contributed by atoms with van der Waals surface area (Å²) in [6.45, 7) is 4.71. The Morgan fingerprint density at radius 3 is 2.76 bits per heavy atom. The molecule has 2 aromatic rings. The lowest BCUT2D eigenvalue weighted by molar-refractivity contribution is -0.129. The second-order valence-electron chi connectivity index (χ2n) is 7.81. The number of likely N-dealkylation sites (tertiary alicyclic amines) is 1. The summed E-state index contributed by atoms with van der Waals surface area (Å²) in [5.41, 5.74) is 2.27. The van der Waals surface area contributed by atoms with E-state index < -0.39 is 0 Å². The number of carbonyl (C=O) groups is 1. The van der Waals surface area contributed by atoms with Crippen molar-refractivity contribution in [3.63, 3.8) is 0 Å². The molecule has 0 bridgehead atoms. The van der Waals surface area contributed by atoms with Crippen LogP contribution >= 0.6 is 11.6 Å². The molecule has 1 amide bonds. The molecule has 2 aliphatic heterocycles. The summed E-state index contributed by atoms with van der Waals surface area (Å²) in [6, 6.07) is 14.5. The van der Waals surface area contributed by atoms with E-state index in [0.29, 0.717) is 35.7 Å². The number of ether oxygens (including phenoxy) is 2. The van der Waals surface area contributed by atoms with Gasteiger partial charge in [-0.3, -0.25) is 4.79 Å². The van der Waals surface area contributed by atoms with Crippen LogP contribution in [0.1, 0.15) is 43.2 Å². The van der Waals surface area contributed by atoms with Gasteiger partial charge in [0.25, 0.3) is 0 Å². The highest BCUT2D eigenvalue weighted by molar-refractivity contribution is 6.31. The standard InChI is InChI=1S/C23H27ClN2O3/c1-16(17-5-3-2-4-6-17)14-26-19(7-8-23(26)27)9-10-25-13-18-11-21-22(12-20(18)24)29-15-28-21/h2-6,11-12,16,19,25H,7-10,13-15H2,1H3/t16-,19+/m1/s1. The molecule has 2 aliphatic rings. The Bertz CT molecular complexity index is 859. The van der Waals surface area contributed by atoms with Gasteiger partial charge in [0.15, 0.2) is 11.5 Å². The van der Waals surface area contributed by atoms with E-state index in [1.165, 1.54) is 5.56 Å². The minimum absolute atomic E-state index is 0.246. The van der Waals surface area contributed by atoms with E-state index in [9.17, 15) is 4.79 Å². The van der Waals surface area contributed by atoms with Crippen LogP contribution in [-0.2, 0) is 11.3 Å². The lowest BCUT2D eigenvalue weighted by Crippen LogP contribution is -2.37. The molecule has 0 unspecified atom stereocenters. The summed E-state index contributed by atoms with van der Waals surface area (Å²) in [7, 11) is 0. The summed E-state index contributed by atoms with van der Waals surface area (Å²) in [4.78, 5) is 14.5. The van der Waals surface area contributed by atoms with E-state index in [-0.39, 0.29) is 12.7 Å². The number of carbonyl (C=O) groups excluding carboxylic acids is 1. The van der Waals surface area contributed by atoms with Crippen LogP contribution in [0.2, 0.25) is 5.02 Å². The number of rotatable bonds is 8. The second-order valence-corrected chi connectivity index (χ2v) is 8.22. The van der Waals surface area contributed by atoms with Crippen LogP contribution in [0, 0.1) is 0 Å². The maximum Gasteiger partial charge on any atom is 0.231 e. The van der Waals surface area contributed by atoms with Gasteiger partial charge < -0.3 is 19.7 Å². The number of hydrogen-bond acceptors (Lipinski definition) is 4. The van der Waals surface area contributed by atoms with E-state index in [2.05, 4.69) is 41.4 Å². The fourth-order valence-electron chi connectivity index (χ4n) is 4.11. The van der Waals surface area contributed by atoms with Crippen LogP contribution in [-0.4, -0.2) is 36.7 Å². The molecule has 0 aromatic heterocycles. The Morgan fingerprint density at radius 1 is 1.21 bits per heavy atom. The summed E-state index contributed by atoms with van der Waals surface area (Å²) in [5.74, 6) is 2.05. The number of amides is 1. The van der Waals surface area contributed by atoms with Crippen LogP contribution in [0.25, 0.3) is 0 Å². The normalized spacial score (nSPS) is 19.0. The summed E-state index contributed by atoms with van der Waals surface area (Å²) < 4.78 is 10.8. The highest BCUT2D eigenvalue weighted by Crippen LogP contribution is 2.36. The van der Waals surface area contributed by atoms with Crippen molar-refractivity contribution in [1.29, 1.82) is 0 Å². The lowest BCUT2D eigenvalue weighted by atomic mass is 10.00. The molecular weight excluding hydrogens is 388 g/mol. The highest BCUT2D eigenvalue weighted by Gasteiger charge is 2.31. The number of benzene rings is 2. The number of nitrogens with zero attached hydrogens (tertiary/aromatic N) is 1. The van der Waals surface area contributed by atoms with Gasteiger partial charge >= 0.3 is 0 Å². The molecule has 29 heavy (non-hydrogen) atoms. The van der Waals surface area contributed by atoms with E-state index in [0.717, 1.165) is 37.2 Å². The van der Waals surface area contributed by atoms with Crippen LogP contribution in [0.3, 0.4) is 0 Å². The Labute approximate surface area is 176 Å². The van der Waals surface area contributed by atoms with Gasteiger partial charge in [-0.05, 0) is 42.5 Å². The van der Waals surface area contributed by atoms with Crippen molar-refractivity contribution in [3.8, 4) is 11.5 Å². The van der Waals surface area contributed by atoms with E-state index in [1.807, 2.05) is 18.2 Å². The average molecular weight is 415 g/mol. The van der Waals surface area contributed by atoms with Crippen molar-refractivity contribution >= 4 is 17.5 Å². The van der Waals surface area contributed by atoms with Crippen molar-refractivity contribution in [3.05, 3.63) is 58.6 Å². The third kappa shape index (κ3) is 4.68. The van der Waals surface area contributed by atoms with Crippen molar-refractivity contribution in [2.24, 2.45) is 0 Å². The molecule has 1 N–H and O–H groups in total. The Kier molecular flexibility index (Phi) is 6.26. The summed E-state index contributed by atoms with van der Waals surface area (Å²) >= 11 is 6.34. The molecular formula is C23H27ClN2O3. The maximum absolute atomic E-state index is 12.4. The SMILES string of the molecule is C[C@H](CN1C(=O)CC[C@H]1CCNCc1cc2c(cc1Cl)OCO2)c1ccccc1. The molecule has 2 aromatic carbocycles. The van der Waals surface area contributed by atoms with Gasteiger partial charge in [-0.25, -0.2) is 0 Å². The molecule has 2 heterocycles. The monoisotopic (exact) mass is 414 g/mol. The first-order valence-electron chi connectivity index (χ1n) is 10.2. The molecule has 0 saturated carbocycles. The molecule has 154 valence electrons. The van der Waals surface area contributed by atoms with Gasteiger partial charge in [-0.2, -0.15) is 0 Å². The van der Waals surface area contributed by atoms with Gasteiger partial charge in [-0.15, -0.1) is 0 Å². The fraction of sp³-hybridized carbons (Fsp3) is 0.435. The molecule has 2 atom stereocenters. The van der Waals surface area contributed by atoms with E-state index in [1.54, 1.807) is 0 Å². The third-order valence-corrected chi connectivity index (χ3v) is 6.15. The Hall–Kier alpha value is -2.24. The van der Waals surface area contributed by atoms with Crippen LogP contribution in [0.5, 0.6) is 11.5 Å². The third-order valence-electron chi connectivity index (χ3n) is 5.80. The van der Waals surface area contributed by atoms with Crippen molar-refractivity contribution in [2.45, 2.75) is 44.7 Å². The Morgan fingerprint density at radius 2 is 1.97 bits per heavy atom. The molecule has 6 heteroatoms. The minimum Gasteiger partial charge on any atom is -0.454 e. The topological polar surface area (TPSA) is 50.8 Å². The molecule has 0 radical (unpaired) electrons. The zero-order valence-corrected chi connectivity index (χ0v) is 17.5. The second kappa shape index (κ2) is 9.06. The largest absolute Gasteiger partial charge is 0.454 e. The van der Waals surface area contributed by atoms with Gasteiger partial charge in [0.05, 0.1) is 0 Å². The van der Waals surface area contributed by atoms with Crippen molar-refractivity contribution in [2.75, 3.05) is 19.9 Å². The van der Waals surface area contributed by atoms with Crippen LogP contribution < -0.4 is 14.8 Å². The molecule has 4 rings (SSSR count). The zero-order chi connectivity index (χ0) is 20.2. The molecule has 0 aliphatic carbocycles. The van der Waals surface area contributed by atoms with Gasteiger partial charge in [0, 0.05) is 36.6 Å². The molecule has 5 nitrogen and oxygen atoms in total. The zero-order valence-electron chi connectivity index (χ0n) is 16.7. The smallest absolute Gasteiger partial charge is 0.231 e. The molecule has 1 saturated heterocycles. The first-order chi connectivity index (χ1) is 14.1. The summed E-state index contributed by atoms with van der Waals surface area (Å²) in [6.07, 6.45) is 2.53. The first-order valence-corrected chi connectivity index (χ1v) is 10.6. The van der Waals surface area contributed by atoms with Crippen molar-refractivity contribution in [1.82, 2.24) is 10.2 Å². The minimum atomic E-state index is 0.246. The number of fused-ring (bicyclic) bond motifs is 1. The number of hydrogen-bond donors (Lipinski definition) is 1. The van der Waals surface area contributed by atoms with Crippen LogP contribution in [0.4, 0.5) is 0 Å². The first kappa shape index (κ1) is 20.0.